The molecular weight excluding hydrogens is 194 g/mol. The van der Waals surface area contributed by atoms with E-state index in [0.29, 0.717) is 23.6 Å². The number of benzene rings is 1. The van der Waals surface area contributed by atoms with Gasteiger partial charge in [-0.05, 0) is 31.7 Å². The van der Waals surface area contributed by atoms with Crippen LogP contribution in [0.4, 0.5) is 0 Å². The zero-order valence-electron chi connectivity index (χ0n) is 8.79. The quantitative estimate of drug-likeness (QED) is 0.755. The van der Waals surface area contributed by atoms with E-state index < -0.39 is 0 Å². The van der Waals surface area contributed by atoms with Gasteiger partial charge in [-0.15, -0.1) is 0 Å². The Kier molecular flexibility index (Phi) is 2.60. The highest BCUT2D eigenvalue weighted by Gasteiger charge is 2.18. The third-order valence-corrected chi connectivity index (χ3v) is 2.36. The number of rotatable bonds is 3. The number of hydrogen-bond acceptors (Lipinski definition) is 4. The number of ether oxygens (including phenoxy) is 2. The van der Waals surface area contributed by atoms with Crippen molar-refractivity contribution < 1.29 is 14.3 Å². The van der Waals surface area contributed by atoms with E-state index in [1.807, 2.05) is 13.0 Å². The highest BCUT2D eigenvalue weighted by atomic mass is 16.7. The van der Waals surface area contributed by atoms with Crippen molar-refractivity contribution >= 4 is 5.78 Å². The fourth-order valence-corrected chi connectivity index (χ4v) is 1.60. The van der Waals surface area contributed by atoms with Gasteiger partial charge in [-0.3, -0.25) is 4.79 Å². The second kappa shape index (κ2) is 3.90. The first-order valence-corrected chi connectivity index (χ1v) is 4.80. The first-order valence-electron chi connectivity index (χ1n) is 4.80. The largest absolute Gasteiger partial charge is 0.454 e. The van der Waals surface area contributed by atoms with Crippen LogP contribution >= 0.6 is 0 Å². The Morgan fingerprint density at radius 1 is 1.40 bits per heavy atom. The minimum absolute atomic E-state index is 0.0632. The van der Waals surface area contributed by atoms with Crippen LogP contribution in [0.1, 0.15) is 15.9 Å². The summed E-state index contributed by atoms with van der Waals surface area (Å²) in [5.41, 5.74) is 1.60. The molecule has 0 unspecified atom stereocenters. The molecule has 1 aromatic rings. The lowest BCUT2D eigenvalue weighted by atomic mass is 10.0. The van der Waals surface area contributed by atoms with E-state index in [4.69, 9.17) is 9.47 Å². The average Bonchev–Trinajstić information content (AvgIpc) is 2.63. The lowest BCUT2D eigenvalue weighted by Gasteiger charge is -2.06. The summed E-state index contributed by atoms with van der Waals surface area (Å²) < 4.78 is 10.5. The Morgan fingerprint density at radius 2 is 2.07 bits per heavy atom. The van der Waals surface area contributed by atoms with Gasteiger partial charge in [0, 0.05) is 5.56 Å². The molecule has 0 amide bonds. The molecule has 80 valence electrons. The molecule has 0 fully saturated rings. The van der Waals surface area contributed by atoms with Crippen molar-refractivity contribution in [2.75, 3.05) is 20.4 Å². The normalized spacial score (nSPS) is 12.9. The van der Waals surface area contributed by atoms with Crippen LogP contribution in [-0.4, -0.2) is 26.2 Å². The number of carbonyl (C=O) groups excluding carboxylic acids is 1. The van der Waals surface area contributed by atoms with Crippen LogP contribution in [0.25, 0.3) is 0 Å². The molecule has 4 heteroatoms. The number of carbonyl (C=O) groups is 1. The van der Waals surface area contributed by atoms with Crippen molar-refractivity contribution in [3.63, 3.8) is 0 Å². The lowest BCUT2D eigenvalue weighted by molar-refractivity contribution is 0.0992. The molecule has 0 aromatic heterocycles. The van der Waals surface area contributed by atoms with Gasteiger partial charge in [0.25, 0.3) is 0 Å². The Bertz CT molecular complexity index is 401. The molecule has 1 aliphatic heterocycles. The van der Waals surface area contributed by atoms with Crippen molar-refractivity contribution in [2.24, 2.45) is 0 Å². The monoisotopic (exact) mass is 207 g/mol. The highest BCUT2D eigenvalue weighted by molar-refractivity contribution is 5.99. The standard InChI is InChI=1S/C11H13NO3/c1-7-3-10-11(15-6-14-10)4-8(7)9(13)5-12-2/h3-4,12H,5-6H2,1-2H3. The Morgan fingerprint density at radius 3 is 2.73 bits per heavy atom. The molecule has 0 bridgehead atoms. The lowest BCUT2D eigenvalue weighted by Crippen LogP contribution is -2.19. The first kappa shape index (κ1) is 9.98. The zero-order chi connectivity index (χ0) is 10.8. The maximum Gasteiger partial charge on any atom is 0.231 e. The van der Waals surface area contributed by atoms with Gasteiger partial charge in [0.05, 0.1) is 6.54 Å². The van der Waals surface area contributed by atoms with Crippen molar-refractivity contribution in [1.29, 1.82) is 0 Å². The predicted molar refractivity (Wildman–Crippen MR) is 55.6 cm³/mol. The van der Waals surface area contributed by atoms with Crippen molar-refractivity contribution in [2.45, 2.75) is 6.92 Å². The van der Waals surface area contributed by atoms with Crippen LogP contribution in [0.15, 0.2) is 12.1 Å². The maximum absolute atomic E-state index is 11.7. The Hall–Kier alpha value is -1.55. The van der Waals surface area contributed by atoms with Crippen LogP contribution in [-0.2, 0) is 0 Å². The second-order valence-corrected chi connectivity index (χ2v) is 3.47. The van der Waals surface area contributed by atoms with E-state index in [-0.39, 0.29) is 12.6 Å². The van der Waals surface area contributed by atoms with E-state index in [1.54, 1.807) is 13.1 Å². The summed E-state index contributed by atoms with van der Waals surface area (Å²) in [5, 5.41) is 2.84. The maximum atomic E-state index is 11.7. The molecule has 0 saturated carbocycles. The molecule has 0 radical (unpaired) electrons. The van der Waals surface area contributed by atoms with Crippen LogP contribution in [0.2, 0.25) is 0 Å². The highest BCUT2D eigenvalue weighted by Crippen LogP contribution is 2.34. The third kappa shape index (κ3) is 1.80. The third-order valence-electron chi connectivity index (χ3n) is 2.36. The molecule has 0 saturated heterocycles. The number of nitrogens with one attached hydrogen (secondary N) is 1. The van der Waals surface area contributed by atoms with E-state index in [2.05, 4.69) is 5.32 Å². The molecule has 0 atom stereocenters. The molecule has 1 aromatic carbocycles. The molecule has 1 aliphatic rings. The molecule has 4 nitrogen and oxygen atoms in total. The molecule has 1 heterocycles. The zero-order valence-corrected chi connectivity index (χ0v) is 8.79. The van der Waals surface area contributed by atoms with E-state index in [1.165, 1.54) is 0 Å². The first-order chi connectivity index (χ1) is 7.22. The van der Waals surface area contributed by atoms with Gasteiger partial charge in [-0.2, -0.15) is 0 Å². The van der Waals surface area contributed by atoms with E-state index >= 15 is 0 Å². The van der Waals surface area contributed by atoms with E-state index in [0.717, 1.165) is 5.56 Å². The molecule has 15 heavy (non-hydrogen) atoms. The number of hydrogen-bond donors (Lipinski definition) is 1. The number of likely N-dealkylation sites (N-methyl/N-ethyl adjacent to an activating group) is 1. The van der Waals surface area contributed by atoms with Crippen LogP contribution < -0.4 is 14.8 Å². The van der Waals surface area contributed by atoms with Crippen LogP contribution in [0.3, 0.4) is 0 Å². The van der Waals surface area contributed by atoms with E-state index in [9.17, 15) is 4.79 Å². The summed E-state index contributed by atoms with van der Waals surface area (Å²) >= 11 is 0. The van der Waals surface area contributed by atoms with Gasteiger partial charge >= 0.3 is 0 Å². The van der Waals surface area contributed by atoms with Crippen LogP contribution in [0, 0.1) is 6.92 Å². The summed E-state index contributed by atoms with van der Waals surface area (Å²) in [6.07, 6.45) is 0. The fraction of sp³-hybridized carbons (Fsp3) is 0.364. The minimum atomic E-state index is 0.0632. The average molecular weight is 207 g/mol. The number of fused-ring (bicyclic) bond motifs is 1. The summed E-state index contributed by atoms with van der Waals surface area (Å²) in [6, 6.07) is 3.59. The van der Waals surface area contributed by atoms with Gasteiger partial charge in [0.1, 0.15) is 0 Å². The number of Topliss-reactive ketones (excluding diaryl/α,β-unsaturated/α-hetero) is 1. The Balaban J connectivity index is 2.36. The predicted octanol–water partition coefficient (Wildman–Crippen LogP) is 1.13. The molecular formula is C11H13NO3. The number of aryl methyl sites for hydroxylation is 1. The van der Waals surface area contributed by atoms with Gasteiger partial charge in [-0.25, -0.2) is 0 Å². The summed E-state index contributed by atoms with van der Waals surface area (Å²) in [5.74, 6) is 1.43. The van der Waals surface area contributed by atoms with Crippen molar-refractivity contribution in [3.05, 3.63) is 23.3 Å². The molecule has 0 spiro atoms. The molecule has 1 N–H and O–H groups in total. The molecule has 0 aliphatic carbocycles. The second-order valence-electron chi connectivity index (χ2n) is 3.47. The molecule has 2 rings (SSSR count). The van der Waals surface area contributed by atoms with Gasteiger partial charge in [0.2, 0.25) is 6.79 Å². The summed E-state index contributed by atoms with van der Waals surface area (Å²) in [7, 11) is 1.75. The van der Waals surface area contributed by atoms with Gasteiger partial charge < -0.3 is 14.8 Å². The van der Waals surface area contributed by atoms with Crippen LogP contribution in [0.5, 0.6) is 11.5 Å². The SMILES string of the molecule is CNCC(=O)c1cc2c(cc1C)OCO2. The van der Waals surface area contributed by atoms with Gasteiger partial charge in [-0.1, -0.05) is 0 Å². The Labute approximate surface area is 88.2 Å². The van der Waals surface area contributed by atoms with Crippen molar-refractivity contribution in [1.82, 2.24) is 5.32 Å². The summed E-state index contributed by atoms with van der Waals surface area (Å²) in [4.78, 5) is 11.7. The van der Waals surface area contributed by atoms with Gasteiger partial charge in [0.15, 0.2) is 17.3 Å². The smallest absolute Gasteiger partial charge is 0.231 e. The topological polar surface area (TPSA) is 47.6 Å². The minimum Gasteiger partial charge on any atom is -0.454 e. The van der Waals surface area contributed by atoms with Crippen molar-refractivity contribution in [3.8, 4) is 11.5 Å². The number of ketones is 1. The fourth-order valence-electron chi connectivity index (χ4n) is 1.60. The summed E-state index contributed by atoms with van der Waals surface area (Å²) in [6.45, 7) is 2.46.